The highest BCUT2D eigenvalue weighted by Crippen LogP contribution is 2.37. The number of carbonyl (C=O) groups excluding carboxylic acids is 1. The van der Waals surface area contributed by atoms with Gasteiger partial charge >= 0.3 is 0 Å². The van der Waals surface area contributed by atoms with Crippen molar-refractivity contribution in [1.82, 2.24) is 20.0 Å². The number of hydrogen-bond donors (Lipinski definition) is 1. The van der Waals surface area contributed by atoms with Crippen LogP contribution in [0.25, 0.3) is 5.69 Å². The summed E-state index contributed by atoms with van der Waals surface area (Å²) in [5.41, 5.74) is 2.07. The normalized spacial score (nSPS) is 23.8. The molecule has 1 saturated carbocycles. The molecule has 7 heteroatoms. The highest BCUT2D eigenvalue weighted by molar-refractivity contribution is 5.87. The first-order chi connectivity index (χ1) is 15.2. The smallest absolute Gasteiger partial charge is 0.241 e. The molecule has 2 fully saturated rings. The van der Waals surface area contributed by atoms with Crippen LogP contribution in [-0.4, -0.2) is 52.4 Å². The third-order valence-corrected chi connectivity index (χ3v) is 7.29. The molecule has 166 valence electrons. The van der Waals surface area contributed by atoms with E-state index in [1.165, 1.54) is 12.5 Å². The number of fused-ring (bicyclic) bond motifs is 1. The van der Waals surface area contributed by atoms with Crippen molar-refractivity contribution in [2.24, 2.45) is 0 Å². The fourth-order valence-electron chi connectivity index (χ4n) is 5.65. The maximum Gasteiger partial charge on any atom is 0.241 e. The van der Waals surface area contributed by atoms with Gasteiger partial charge < -0.3 is 10.1 Å². The molecule has 31 heavy (non-hydrogen) atoms. The largest absolute Gasteiger partial charge is 0.379 e. The SMILES string of the molecule is O=C(NC1CCCc2c1cnn2-c1ccccc1F)C1(N2CCOCC2)CCCCC1. The van der Waals surface area contributed by atoms with Crippen LogP contribution in [0.15, 0.2) is 30.5 Å². The van der Waals surface area contributed by atoms with Crippen LogP contribution in [0.4, 0.5) is 4.39 Å². The van der Waals surface area contributed by atoms with Gasteiger partial charge in [-0.25, -0.2) is 9.07 Å². The molecule has 1 N–H and O–H groups in total. The molecule has 0 radical (unpaired) electrons. The van der Waals surface area contributed by atoms with Gasteiger partial charge in [-0.1, -0.05) is 31.4 Å². The Hall–Kier alpha value is -2.25. The zero-order chi connectivity index (χ0) is 21.3. The monoisotopic (exact) mass is 426 g/mol. The number of hydrogen-bond acceptors (Lipinski definition) is 4. The molecule has 1 atom stereocenters. The van der Waals surface area contributed by atoms with E-state index in [0.717, 1.165) is 69.3 Å². The number of morpholine rings is 1. The number of para-hydroxylation sites is 1. The Morgan fingerprint density at radius 2 is 1.90 bits per heavy atom. The van der Waals surface area contributed by atoms with Crippen LogP contribution in [0.1, 0.15) is 62.2 Å². The molecule has 5 rings (SSSR count). The highest BCUT2D eigenvalue weighted by Gasteiger charge is 2.46. The van der Waals surface area contributed by atoms with Crippen LogP contribution < -0.4 is 5.32 Å². The summed E-state index contributed by atoms with van der Waals surface area (Å²) < 4.78 is 21.6. The maximum absolute atomic E-state index is 14.4. The van der Waals surface area contributed by atoms with E-state index < -0.39 is 5.54 Å². The fraction of sp³-hybridized carbons (Fsp3) is 0.583. The standard InChI is InChI=1S/C24H31FN4O2/c25-19-7-2-3-9-22(19)29-21-10-6-8-20(18(21)17-26-29)27-23(30)24(11-4-1-5-12-24)28-13-15-31-16-14-28/h2-3,7,9,17,20H,1,4-6,8,10-16H2,(H,27,30). The van der Waals surface area contributed by atoms with Crippen LogP contribution in [0.5, 0.6) is 0 Å². The van der Waals surface area contributed by atoms with E-state index in [-0.39, 0.29) is 17.8 Å². The molecule has 1 amide bonds. The minimum absolute atomic E-state index is 0.0726. The molecule has 1 unspecified atom stereocenters. The van der Waals surface area contributed by atoms with Gasteiger partial charge in [0, 0.05) is 24.3 Å². The lowest BCUT2D eigenvalue weighted by atomic mass is 9.78. The Balaban J connectivity index is 1.41. The van der Waals surface area contributed by atoms with Crippen molar-refractivity contribution in [3.8, 4) is 5.69 Å². The fourth-order valence-corrected chi connectivity index (χ4v) is 5.65. The molecule has 2 aromatic rings. The van der Waals surface area contributed by atoms with Gasteiger partial charge in [-0.15, -0.1) is 0 Å². The van der Waals surface area contributed by atoms with Gasteiger partial charge in [0.2, 0.25) is 5.91 Å². The molecular formula is C24H31FN4O2. The minimum atomic E-state index is -0.429. The number of benzene rings is 1. The second-order valence-electron chi connectivity index (χ2n) is 9.02. The van der Waals surface area contributed by atoms with E-state index in [0.29, 0.717) is 18.9 Å². The number of aromatic nitrogens is 2. The average Bonchev–Trinajstić information content (AvgIpc) is 3.25. The summed E-state index contributed by atoms with van der Waals surface area (Å²) in [4.78, 5) is 16.1. The van der Waals surface area contributed by atoms with Gasteiger partial charge in [0.05, 0.1) is 25.5 Å². The van der Waals surface area contributed by atoms with Crippen molar-refractivity contribution >= 4 is 5.91 Å². The Bertz CT molecular complexity index is 931. The van der Waals surface area contributed by atoms with Crippen molar-refractivity contribution in [3.63, 3.8) is 0 Å². The number of halogens is 1. The van der Waals surface area contributed by atoms with Crippen molar-refractivity contribution in [3.05, 3.63) is 47.5 Å². The Morgan fingerprint density at radius 3 is 2.68 bits per heavy atom. The number of amides is 1. The molecular weight excluding hydrogens is 395 g/mol. The summed E-state index contributed by atoms with van der Waals surface area (Å²) in [5, 5.41) is 7.90. The summed E-state index contributed by atoms with van der Waals surface area (Å²) in [7, 11) is 0. The first-order valence-corrected chi connectivity index (χ1v) is 11.6. The lowest BCUT2D eigenvalue weighted by molar-refractivity contribution is -0.141. The topological polar surface area (TPSA) is 59.4 Å². The van der Waals surface area contributed by atoms with Crippen LogP contribution >= 0.6 is 0 Å². The Kier molecular flexibility index (Phi) is 5.80. The van der Waals surface area contributed by atoms with Gasteiger partial charge in [-0.05, 0) is 44.2 Å². The lowest BCUT2D eigenvalue weighted by Crippen LogP contribution is -2.62. The van der Waals surface area contributed by atoms with Gasteiger partial charge in [0.25, 0.3) is 0 Å². The maximum atomic E-state index is 14.4. The van der Waals surface area contributed by atoms with E-state index in [9.17, 15) is 9.18 Å². The second-order valence-corrected chi connectivity index (χ2v) is 9.02. The third kappa shape index (κ3) is 3.78. The third-order valence-electron chi connectivity index (χ3n) is 7.29. The van der Waals surface area contributed by atoms with Crippen molar-refractivity contribution in [1.29, 1.82) is 0 Å². The zero-order valence-electron chi connectivity index (χ0n) is 18.0. The van der Waals surface area contributed by atoms with Crippen LogP contribution in [-0.2, 0) is 16.0 Å². The number of rotatable bonds is 4. The molecule has 6 nitrogen and oxygen atoms in total. The zero-order valence-corrected chi connectivity index (χ0v) is 18.0. The summed E-state index contributed by atoms with van der Waals surface area (Å²) in [6.07, 6.45) is 9.68. The Labute approximate surface area is 182 Å². The van der Waals surface area contributed by atoms with Crippen molar-refractivity contribution in [2.75, 3.05) is 26.3 Å². The molecule has 0 spiro atoms. The Morgan fingerprint density at radius 1 is 1.13 bits per heavy atom. The van der Waals surface area contributed by atoms with Gasteiger partial charge in [0.15, 0.2) is 0 Å². The lowest BCUT2D eigenvalue weighted by Gasteiger charge is -2.47. The molecule has 1 aromatic heterocycles. The number of nitrogens with one attached hydrogen (secondary N) is 1. The van der Waals surface area contributed by atoms with Crippen LogP contribution in [0, 0.1) is 5.82 Å². The summed E-state index contributed by atoms with van der Waals surface area (Å²) in [5.74, 6) is -0.140. The van der Waals surface area contributed by atoms with E-state index in [1.54, 1.807) is 16.8 Å². The van der Waals surface area contributed by atoms with Gasteiger partial charge in [-0.2, -0.15) is 5.10 Å². The number of ether oxygens (including phenoxy) is 1. The molecule has 1 aliphatic heterocycles. The van der Waals surface area contributed by atoms with Crippen LogP contribution in [0.2, 0.25) is 0 Å². The van der Waals surface area contributed by atoms with E-state index in [1.807, 2.05) is 12.3 Å². The number of carbonyl (C=O) groups is 1. The molecule has 0 bridgehead atoms. The summed E-state index contributed by atoms with van der Waals surface area (Å²) in [6.45, 7) is 3.01. The van der Waals surface area contributed by atoms with Crippen molar-refractivity contribution < 1.29 is 13.9 Å². The predicted octanol–water partition coefficient (Wildman–Crippen LogP) is 3.54. The summed E-state index contributed by atoms with van der Waals surface area (Å²) >= 11 is 0. The molecule has 3 aliphatic rings. The quantitative estimate of drug-likeness (QED) is 0.813. The predicted molar refractivity (Wildman–Crippen MR) is 116 cm³/mol. The average molecular weight is 427 g/mol. The van der Waals surface area contributed by atoms with Crippen LogP contribution in [0.3, 0.4) is 0 Å². The van der Waals surface area contributed by atoms with E-state index in [2.05, 4.69) is 15.3 Å². The van der Waals surface area contributed by atoms with Crippen molar-refractivity contribution in [2.45, 2.75) is 62.9 Å². The van der Waals surface area contributed by atoms with E-state index in [4.69, 9.17) is 4.74 Å². The first-order valence-electron chi connectivity index (χ1n) is 11.6. The molecule has 2 aliphatic carbocycles. The highest BCUT2D eigenvalue weighted by atomic mass is 19.1. The summed E-state index contributed by atoms with van der Waals surface area (Å²) in [6, 6.07) is 6.65. The second kappa shape index (κ2) is 8.71. The molecule has 1 saturated heterocycles. The van der Waals surface area contributed by atoms with E-state index >= 15 is 0 Å². The minimum Gasteiger partial charge on any atom is -0.379 e. The van der Waals surface area contributed by atoms with Gasteiger partial charge in [0.1, 0.15) is 17.0 Å². The molecule has 1 aromatic carbocycles. The number of nitrogens with zero attached hydrogens (tertiary/aromatic N) is 3. The van der Waals surface area contributed by atoms with Gasteiger partial charge in [-0.3, -0.25) is 9.69 Å². The first kappa shape index (κ1) is 20.6. The molecule has 2 heterocycles.